The number of amides is 1. The zero-order valence-electron chi connectivity index (χ0n) is 18.4. The standard InChI is InChI=1S/C24H32N4OS/c1-17(2)15-25-23(29)13-12-22-26-27-24(28(22)21-10-8-18(3)9-11-21)30-16-20-7-5-6-19(4)14-20/h5-11,17,19H,12-16H2,1-4H3,(H,25,29). The Kier molecular flexibility index (Phi) is 7.91. The number of aromatic nitrogens is 3. The van der Waals surface area contributed by atoms with Crippen LogP contribution in [0.2, 0.25) is 0 Å². The van der Waals surface area contributed by atoms with Gasteiger partial charge in [0, 0.05) is 30.8 Å². The van der Waals surface area contributed by atoms with Gasteiger partial charge in [0.2, 0.25) is 5.91 Å². The molecule has 1 aromatic carbocycles. The molecule has 5 nitrogen and oxygen atoms in total. The van der Waals surface area contributed by atoms with Gasteiger partial charge in [-0.1, -0.05) is 74.0 Å². The number of aryl methyl sites for hydroxylation is 2. The second-order valence-electron chi connectivity index (χ2n) is 8.45. The molecule has 0 fully saturated rings. The lowest BCUT2D eigenvalue weighted by molar-refractivity contribution is -0.121. The highest BCUT2D eigenvalue weighted by atomic mass is 32.2. The summed E-state index contributed by atoms with van der Waals surface area (Å²) >= 11 is 1.71. The molecule has 30 heavy (non-hydrogen) atoms. The van der Waals surface area contributed by atoms with Gasteiger partial charge in [-0.05, 0) is 37.3 Å². The van der Waals surface area contributed by atoms with Crippen LogP contribution in [0.15, 0.2) is 53.2 Å². The van der Waals surface area contributed by atoms with E-state index in [9.17, 15) is 4.79 Å². The Hall–Kier alpha value is -2.34. The summed E-state index contributed by atoms with van der Waals surface area (Å²) in [5.74, 6) is 2.81. The molecule has 0 saturated heterocycles. The smallest absolute Gasteiger partial charge is 0.220 e. The Morgan fingerprint density at radius 2 is 2.03 bits per heavy atom. The van der Waals surface area contributed by atoms with Gasteiger partial charge < -0.3 is 5.32 Å². The molecule has 1 amide bonds. The van der Waals surface area contributed by atoms with Gasteiger partial charge in [0.05, 0.1) is 0 Å². The lowest BCUT2D eigenvalue weighted by atomic mass is 9.97. The molecule has 1 heterocycles. The molecule has 160 valence electrons. The second kappa shape index (κ2) is 10.6. The molecule has 3 rings (SSSR count). The van der Waals surface area contributed by atoms with E-state index in [1.54, 1.807) is 11.8 Å². The number of nitrogens with zero attached hydrogens (tertiary/aromatic N) is 3. The van der Waals surface area contributed by atoms with Crippen LogP contribution >= 0.6 is 11.8 Å². The summed E-state index contributed by atoms with van der Waals surface area (Å²) < 4.78 is 2.10. The molecule has 1 N–H and O–H groups in total. The number of carbonyl (C=O) groups is 1. The average molecular weight is 425 g/mol. The van der Waals surface area contributed by atoms with E-state index in [0.29, 0.717) is 31.2 Å². The fourth-order valence-electron chi connectivity index (χ4n) is 3.34. The highest BCUT2D eigenvalue weighted by Crippen LogP contribution is 2.28. The zero-order valence-corrected chi connectivity index (χ0v) is 19.2. The molecule has 1 unspecified atom stereocenters. The molecule has 6 heteroatoms. The van der Waals surface area contributed by atoms with Gasteiger partial charge in [0.1, 0.15) is 5.82 Å². The first-order chi connectivity index (χ1) is 14.4. The summed E-state index contributed by atoms with van der Waals surface area (Å²) in [6.45, 7) is 9.21. The van der Waals surface area contributed by atoms with Crippen LogP contribution in [0.5, 0.6) is 0 Å². The van der Waals surface area contributed by atoms with Crippen molar-refractivity contribution in [2.45, 2.75) is 52.1 Å². The summed E-state index contributed by atoms with van der Waals surface area (Å²) in [4.78, 5) is 12.2. The number of benzene rings is 1. The van der Waals surface area contributed by atoms with Crippen molar-refractivity contribution in [2.24, 2.45) is 11.8 Å². The number of hydrogen-bond donors (Lipinski definition) is 1. The molecular formula is C24H32N4OS. The molecular weight excluding hydrogens is 392 g/mol. The van der Waals surface area contributed by atoms with Crippen LogP contribution < -0.4 is 5.32 Å². The topological polar surface area (TPSA) is 59.8 Å². The molecule has 2 aromatic rings. The van der Waals surface area contributed by atoms with Crippen LogP contribution in [0.4, 0.5) is 0 Å². The number of hydrogen-bond acceptors (Lipinski definition) is 4. The highest BCUT2D eigenvalue weighted by Gasteiger charge is 2.17. The Labute approximate surface area is 184 Å². The first-order valence-electron chi connectivity index (χ1n) is 10.7. The number of thioether (sulfide) groups is 1. The summed E-state index contributed by atoms with van der Waals surface area (Å²) in [7, 11) is 0. The monoisotopic (exact) mass is 424 g/mol. The zero-order chi connectivity index (χ0) is 21.5. The summed E-state index contributed by atoms with van der Waals surface area (Å²) in [5.41, 5.74) is 3.67. The van der Waals surface area contributed by atoms with Gasteiger partial charge in [-0.25, -0.2) is 0 Å². The predicted molar refractivity (Wildman–Crippen MR) is 124 cm³/mol. The third-order valence-corrected chi connectivity index (χ3v) is 6.06. The second-order valence-corrected chi connectivity index (χ2v) is 9.39. The third-order valence-electron chi connectivity index (χ3n) is 5.02. The average Bonchev–Trinajstić information content (AvgIpc) is 3.12. The maximum absolute atomic E-state index is 12.2. The van der Waals surface area contributed by atoms with Gasteiger partial charge in [-0.15, -0.1) is 10.2 Å². The lowest BCUT2D eigenvalue weighted by Gasteiger charge is -2.15. The molecule has 1 aromatic heterocycles. The van der Waals surface area contributed by atoms with Crippen molar-refractivity contribution in [1.82, 2.24) is 20.1 Å². The largest absolute Gasteiger partial charge is 0.356 e. The van der Waals surface area contributed by atoms with Gasteiger partial charge in [0.15, 0.2) is 5.16 Å². The van der Waals surface area contributed by atoms with E-state index in [4.69, 9.17) is 0 Å². The van der Waals surface area contributed by atoms with Crippen molar-refractivity contribution < 1.29 is 4.79 Å². The SMILES string of the molecule is Cc1ccc(-n2c(CCC(=O)NCC(C)C)nnc2SCC2=CC=CC(C)C2)cc1. The molecule has 0 bridgehead atoms. The first kappa shape index (κ1) is 22.3. The fourth-order valence-corrected chi connectivity index (χ4v) is 4.30. The van der Waals surface area contributed by atoms with Crippen LogP contribution in [-0.2, 0) is 11.2 Å². The van der Waals surface area contributed by atoms with Crippen LogP contribution in [0, 0.1) is 18.8 Å². The number of allylic oxidation sites excluding steroid dienone is 3. The van der Waals surface area contributed by atoms with Crippen molar-refractivity contribution in [2.75, 3.05) is 12.3 Å². The number of rotatable bonds is 9. The molecule has 0 radical (unpaired) electrons. The highest BCUT2D eigenvalue weighted by molar-refractivity contribution is 7.99. The van der Waals surface area contributed by atoms with Crippen molar-refractivity contribution in [1.29, 1.82) is 0 Å². The molecule has 1 atom stereocenters. The molecule has 0 saturated carbocycles. The van der Waals surface area contributed by atoms with Crippen molar-refractivity contribution >= 4 is 17.7 Å². The minimum Gasteiger partial charge on any atom is -0.356 e. The van der Waals surface area contributed by atoms with E-state index in [0.717, 1.165) is 28.8 Å². The number of carbonyl (C=O) groups excluding carboxylic acids is 1. The molecule has 0 spiro atoms. The van der Waals surface area contributed by atoms with Crippen molar-refractivity contribution in [3.8, 4) is 5.69 Å². The van der Waals surface area contributed by atoms with Crippen LogP contribution in [0.3, 0.4) is 0 Å². The maximum atomic E-state index is 12.2. The maximum Gasteiger partial charge on any atom is 0.220 e. The van der Waals surface area contributed by atoms with Crippen LogP contribution in [0.1, 0.15) is 45.0 Å². The molecule has 1 aliphatic rings. The van der Waals surface area contributed by atoms with Gasteiger partial charge in [-0.2, -0.15) is 0 Å². The predicted octanol–water partition coefficient (Wildman–Crippen LogP) is 4.90. The Bertz CT molecular complexity index is 912. The van der Waals surface area contributed by atoms with Gasteiger partial charge >= 0.3 is 0 Å². The minimum atomic E-state index is 0.0597. The van der Waals surface area contributed by atoms with E-state index in [-0.39, 0.29) is 5.91 Å². The van der Waals surface area contributed by atoms with Gasteiger partial charge in [0.25, 0.3) is 0 Å². The summed E-state index contributed by atoms with van der Waals surface area (Å²) in [5, 5.41) is 12.8. The fraction of sp³-hybridized carbons (Fsp3) is 0.458. The molecule has 1 aliphatic carbocycles. The summed E-state index contributed by atoms with van der Waals surface area (Å²) in [6.07, 6.45) is 8.66. The van der Waals surface area contributed by atoms with E-state index >= 15 is 0 Å². The van der Waals surface area contributed by atoms with Crippen LogP contribution in [-0.4, -0.2) is 33.0 Å². The van der Waals surface area contributed by atoms with E-state index < -0.39 is 0 Å². The normalized spacial score (nSPS) is 16.0. The van der Waals surface area contributed by atoms with Crippen LogP contribution in [0.25, 0.3) is 5.69 Å². The third kappa shape index (κ3) is 6.33. The van der Waals surface area contributed by atoms with Crippen molar-refractivity contribution in [3.63, 3.8) is 0 Å². The Balaban J connectivity index is 1.75. The quantitative estimate of drug-likeness (QED) is 0.582. The number of nitrogens with one attached hydrogen (secondary N) is 1. The minimum absolute atomic E-state index is 0.0597. The lowest BCUT2D eigenvalue weighted by Crippen LogP contribution is -2.27. The Morgan fingerprint density at radius 1 is 1.27 bits per heavy atom. The van der Waals surface area contributed by atoms with Gasteiger partial charge in [-0.3, -0.25) is 9.36 Å². The van der Waals surface area contributed by atoms with E-state index in [1.165, 1.54) is 11.1 Å². The molecule has 0 aliphatic heterocycles. The van der Waals surface area contributed by atoms with Crippen molar-refractivity contribution in [3.05, 3.63) is 59.5 Å². The Morgan fingerprint density at radius 3 is 2.73 bits per heavy atom. The van der Waals surface area contributed by atoms with E-state index in [2.05, 4.69) is 90.3 Å². The van der Waals surface area contributed by atoms with E-state index in [1.807, 2.05) is 0 Å². The first-order valence-corrected chi connectivity index (χ1v) is 11.7. The summed E-state index contributed by atoms with van der Waals surface area (Å²) in [6, 6.07) is 8.38.